The van der Waals surface area contributed by atoms with Crippen molar-refractivity contribution in [2.45, 2.75) is 17.6 Å². The predicted molar refractivity (Wildman–Crippen MR) is 112 cm³/mol. The van der Waals surface area contributed by atoms with Crippen LogP contribution in [0.5, 0.6) is 0 Å². The maximum absolute atomic E-state index is 13.4. The van der Waals surface area contributed by atoms with Crippen molar-refractivity contribution in [3.63, 3.8) is 0 Å². The summed E-state index contributed by atoms with van der Waals surface area (Å²) < 4.78 is 63.6. The first-order valence-corrected chi connectivity index (χ1v) is 11.0. The van der Waals surface area contributed by atoms with E-state index in [1.54, 1.807) is 6.07 Å². The topological polar surface area (TPSA) is 127 Å². The van der Waals surface area contributed by atoms with Gasteiger partial charge in [0.05, 0.1) is 4.90 Å². The normalized spacial score (nSPS) is 11.8. The molecule has 32 heavy (non-hydrogen) atoms. The van der Waals surface area contributed by atoms with Gasteiger partial charge in [-0.15, -0.1) is 0 Å². The molecule has 1 heterocycles. The number of nitrogens with two attached hydrogens (primary N) is 1. The standard InChI is InChI=1S/C20H18F3N5O3S/c1-32(30,31)15-4-2-3-12(9-15)10-25-18-16(20(21,22)23)11-26-19(28-18)27-14-7-5-13(6-8-14)17(24)29/h2-9,11H,10H2,1H3,(H2,24,29)(H2,25,26,27,28). The van der Waals surface area contributed by atoms with Crippen LogP contribution in [0.3, 0.4) is 0 Å². The van der Waals surface area contributed by atoms with Crippen molar-refractivity contribution < 1.29 is 26.4 Å². The molecule has 0 unspecified atom stereocenters. The third kappa shape index (κ3) is 5.72. The summed E-state index contributed by atoms with van der Waals surface area (Å²) in [6.07, 6.45) is -3.03. The Bertz CT molecular complexity index is 1250. The maximum Gasteiger partial charge on any atom is 0.421 e. The number of hydrogen-bond acceptors (Lipinski definition) is 7. The quantitative estimate of drug-likeness (QED) is 0.488. The molecule has 0 spiro atoms. The summed E-state index contributed by atoms with van der Waals surface area (Å²) in [6, 6.07) is 11.8. The molecule has 1 aromatic heterocycles. The lowest BCUT2D eigenvalue weighted by molar-refractivity contribution is -0.137. The molecule has 8 nitrogen and oxygen atoms in total. The zero-order valence-corrected chi connectivity index (χ0v) is 17.5. The van der Waals surface area contributed by atoms with Crippen molar-refractivity contribution in [3.8, 4) is 0 Å². The van der Waals surface area contributed by atoms with Crippen LogP contribution in [0.15, 0.2) is 59.6 Å². The van der Waals surface area contributed by atoms with E-state index >= 15 is 0 Å². The van der Waals surface area contributed by atoms with Gasteiger partial charge in [0, 0.05) is 30.2 Å². The van der Waals surface area contributed by atoms with Crippen molar-refractivity contribution in [2.75, 3.05) is 16.9 Å². The lowest BCUT2D eigenvalue weighted by atomic mass is 10.2. The fourth-order valence-electron chi connectivity index (χ4n) is 2.70. The molecule has 12 heteroatoms. The molecule has 4 N–H and O–H groups in total. The number of carbonyl (C=O) groups excluding carboxylic acids is 1. The highest BCUT2D eigenvalue weighted by Crippen LogP contribution is 2.34. The van der Waals surface area contributed by atoms with E-state index in [0.717, 1.165) is 6.26 Å². The number of nitrogens with zero attached hydrogens (tertiary/aromatic N) is 2. The number of alkyl halides is 3. The second-order valence-electron chi connectivity index (χ2n) is 6.79. The van der Waals surface area contributed by atoms with Crippen LogP contribution in [0.1, 0.15) is 21.5 Å². The number of sulfone groups is 1. The molecule has 0 aliphatic rings. The number of nitrogens with one attached hydrogen (secondary N) is 2. The molecular weight excluding hydrogens is 447 g/mol. The SMILES string of the molecule is CS(=O)(=O)c1cccc(CNc2nc(Nc3ccc(C(N)=O)cc3)ncc2C(F)(F)F)c1. The van der Waals surface area contributed by atoms with Crippen molar-refractivity contribution in [3.05, 3.63) is 71.4 Å². The van der Waals surface area contributed by atoms with Crippen LogP contribution in [0.2, 0.25) is 0 Å². The molecule has 0 saturated heterocycles. The van der Waals surface area contributed by atoms with Gasteiger partial charge >= 0.3 is 6.18 Å². The van der Waals surface area contributed by atoms with Crippen LogP contribution in [-0.4, -0.2) is 30.5 Å². The summed E-state index contributed by atoms with van der Waals surface area (Å²) in [5, 5.41) is 5.35. The van der Waals surface area contributed by atoms with Crippen molar-refractivity contribution in [1.29, 1.82) is 0 Å². The van der Waals surface area contributed by atoms with E-state index in [2.05, 4.69) is 20.6 Å². The number of benzene rings is 2. The Morgan fingerprint density at radius 1 is 1.12 bits per heavy atom. The minimum absolute atomic E-state index is 0.0531. The molecule has 0 aliphatic carbocycles. The van der Waals surface area contributed by atoms with Gasteiger partial charge in [-0.05, 0) is 42.0 Å². The fourth-order valence-corrected chi connectivity index (χ4v) is 3.39. The third-order valence-corrected chi connectivity index (χ3v) is 5.42. The van der Waals surface area contributed by atoms with Gasteiger partial charge in [-0.1, -0.05) is 12.1 Å². The highest BCUT2D eigenvalue weighted by atomic mass is 32.2. The first kappa shape index (κ1) is 23.0. The molecular formula is C20H18F3N5O3S. The molecule has 0 saturated carbocycles. The lowest BCUT2D eigenvalue weighted by Gasteiger charge is -2.15. The van der Waals surface area contributed by atoms with Crippen molar-refractivity contribution in [2.24, 2.45) is 5.73 Å². The first-order chi connectivity index (χ1) is 14.9. The van der Waals surface area contributed by atoms with Crippen LogP contribution in [0.4, 0.5) is 30.6 Å². The average molecular weight is 465 g/mol. The highest BCUT2D eigenvalue weighted by molar-refractivity contribution is 7.90. The minimum Gasteiger partial charge on any atom is -0.366 e. The number of hydrogen-bond donors (Lipinski definition) is 3. The smallest absolute Gasteiger partial charge is 0.366 e. The predicted octanol–water partition coefficient (Wildman–Crippen LogP) is 3.35. The molecule has 0 bridgehead atoms. The summed E-state index contributed by atoms with van der Waals surface area (Å²) in [6.45, 7) is -0.101. The second-order valence-corrected chi connectivity index (χ2v) is 8.81. The van der Waals surface area contributed by atoms with E-state index in [1.165, 1.54) is 42.5 Å². The number of halogens is 3. The van der Waals surface area contributed by atoms with Crippen LogP contribution < -0.4 is 16.4 Å². The number of aromatic nitrogens is 2. The summed E-state index contributed by atoms with van der Waals surface area (Å²) in [5.41, 5.74) is 5.25. The fraction of sp³-hybridized carbons (Fsp3) is 0.150. The van der Waals surface area contributed by atoms with E-state index in [9.17, 15) is 26.4 Å². The van der Waals surface area contributed by atoms with Gasteiger partial charge in [0.15, 0.2) is 9.84 Å². The van der Waals surface area contributed by atoms with Crippen LogP contribution in [-0.2, 0) is 22.6 Å². The zero-order chi connectivity index (χ0) is 23.5. The van der Waals surface area contributed by atoms with E-state index in [4.69, 9.17) is 5.73 Å². The molecule has 0 aliphatic heterocycles. The second kappa shape index (κ2) is 8.83. The molecule has 3 rings (SSSR count). The van der Waals surface area contributed by atoms with E-state index < -0.39 is 33.3 Å². The number of amides is 1. The van der Waals surface area contributed by atoms with Gasteiger partial charge in [0.1, 0.15) is 11.4 Å². The Hall–Kier alpha value is -3.67. The molecule has 0 fully saturated rings. The Morgan fingerprint density at radius 3 is 2.41 bits per heavy atom. The lowest BCUT2D eigenvalue weighted by Crippen LogP contribution is -2.14. The number of carbonyl (C=O) groups is 1. The molecule has 3 aromatic rings. The molecule has 1 amide bonds. The first-order valence-electron chi connectivity index (χ1n) is 9.07. The van der Waals surface area contributed by atoms with Gasteiger partial charge in [-0.3, -0.25) is 4.79 Å². The zero-order valence-electron chi connectivity index (χ0n) is 16.6. The highest BCUT2D eigenvalue weighted by Gasteiger charge is 2.35. The molecule has 0 atom stereocenters. The van der Waals surface area contributed by atoms with Gasteiger partial charge in [-0.2, -0.15) is 18.2 Å². The summed E-state index contributed by atoms with van der Waals surface area (Å²) in [4.78, 5) is 18.8. The van der Waals surface area contributed by atoms with Gasteiger partial charge in [-0.25, -0.2) is 13.4 Å². The summed E-state index contributed by atoms with van der Waals surface area (Å²) >= 11 is 0. The number of anilines is 3. The van der Waals surface area contributed by atoms with Crippen molar-refractivity contribution in [1.82, 2.24) is 9.97 Å². The molecule has 0 radical (unpaired) electrons. The summed E-state index contributed by atoms with van der Waals surface area (Å²) in [5.74, 6) is -1.21. The Labute approximate surface area is 181 Å². The average Bonchev–Trinajstić information content (AvgIpc) is 2.71. The monoisotopic (exact) mass is 465 g/mol. The maximum atomic E-state index is 13.4. The minimum atomic E-state index is -4.71. The third-order valence-electron chi connectivity index (χ3n) is 4.31. The van der Waals surface area contributed by atoms with E-state index in [0.29, 0.717) is 17.4 Å². The van der Waals surface area contributed by atoms with Crippen molar-refractivity contribution >= 4 is 33.2 Å². The van der Waals surface area contributed by atoms with Gasteiger partial charge in [0.2, 0.25) is 11.9 Å². The van der Waals surface area contributed by atoms with E-state index in [-0.39, 0.29) is 23.0 Å². The summed E-state index contributed by atoms with van der Waals surface area (Å²) in [7, 11) is -3.46. The Morgan fingerprint density at radius 2 is 1.81 bits per heavy atom. The number of rotatable bonds is 7. The Kier molecular flexibility index (Phi) is 6.35. The van der Waals surface area contributed by atoms with Crippen LogP contribution in [0, 0.1) is 0 Å². The number of primary amides is 1. The van der Waals surface area contributed by atoms with Gasteiger partial charge in [0.25, 0.3) is 0 Å². The Balaban J connectivity index is 1.85. The molecule has 2 aromatic carbocycles. The largest absolute Gasteiger partial charge is 0.421 e. The van der Waals surface area contributed by atoms with Crippen LogP contribution in [0.25, 0.3) is 0 Å². The van der Waals surface area contributed by atoms with Gasteiger partial charge < -0.3 is 16.4 Å². The molecule has 168 valence electrons. The van der Waals surface area contributed by atoms with Crippen LogP contribution >= 0.6 is 0 Å². The van der Waals surface area contributed by atoms with E-state index in [1.807, 2.05) is 0 Å².